The number of nitrogens with one attached hydrogen (secondary N) is 1. The predicted molar refractivity (Wildman–Crippen MR) is 65.4 cm³/mol. The molecule has 0 fully saturated rings. The van der Waals surface area contributed by atoms with E-state index in [1.807, 2.05) is 6.07 Å². The summed E-state index contributed by atoms with van der Waals surface area (Å²) in [7, 11) is 0. The molecule has 5 nitrogen and oxygen atoms in total. The summed E-state index contributed by atoms with van der Waals surface area (Å²) in [5.74, 6) is -0.259. The summed E-state index contributed by atoms with van der Waals surface area (Å²) in [4.78, 5) is 10.7. The fourth-order valence-electron chi connectivity index (χ4n) is 1.51. The summed E-state index contributed by atoms with van der Waals surface area (Å²) in [6.07, 6.45) is -1.81. The predicted octanol–water partition coefficient (Wildman–Crippen LogP) is 0.283. The molecule has 2 atom stereocenters. The van der Waals surface area contributed by atoms with Crippen LogP contribution in [0.1, 0.15) is 24.2 Å². The number of carbonyl (C=O) groups excluding carboxylic acids is 1. The summed E-state index contributed by atoms with van der Waals surface area (Å²) in [6.45, 7) is 1.34. The van der Waals surface area contributed by atoms with E-state index in [1.165, 1.54) is 6.92 Å². The molecule has 96 valence electrons. The lowest BCUT2D eigenvalue weighted by molar-refractivity contribution is -0.119. The van der Waals surface area contributed by atoms with Gasteiger partial charge in [0.15, 0.2) is 0 Å². The molecule has 3 N–H and O–H groups in total. The van der Waals surface area contributed by atoms with Crippen molar-refractivity contribution < 1.29 is 15.0 Å². The number of hydrogen-bond acceptors (Lipinski definition) is 4. The molecular weight excluding hydrogens is 232 g/mol. The number of carbonyl (C=O) groups is 1. The molecule has 1 aromatic rings. The molecule has 1 amide bonds. The van der Waals surface area contributed by atoms with Crippen LogP contribution >= 0.6 is 0 Å². The maximum atomic E-state index is 10.7. The molecule has 2 unspecified atom stereocenters. The third-order valence-corrected chi connectivity index (χ3v) is 2.53. The normalized spacial score (nSPS) is 13.4. The molecule has 0 saturated heterocycles. The number of rotatable bonds is 5. The van der Waals surface area contributed by atoms with Gasteiger partial charge in [0.1, 0.15) is 12.2 Å². The number of aliphatic hydroxyl groups excluding tert-OH is 2. The van der Waals surface area contributed by atoms with Gasteiger partial charge >= 0.3 is 0 Å². The second kappa shape index (κ2) is 6.74. The van der Waals surface area contributed by atoms with E-state index in [1.54, 1.807) is 24.3 Å². The number of nitriles is 1. The van der Waals surface area contributed by atoms with Crippen molar-refractivity contribution in [2.75, 3.05) is 6.54 Å². The van der Waals surface area contributed by atoms with Crippen LogP contribution in [0.5, 0.6) is 0 Å². The van der Waals surface area contributed by atoms with E-state index in [0.717, 1.165) is 5.56 Å². The summed E-state index contributed by atoms with van der Waals surface area (Å²) >= 11 is 0. The van der Waals surface area contributed by atoms with Crippen LogP contribution in [0, 0.1) is 11.3 Å². The molecular formula is C13H16N2O3. The minimum absolute atomic E-state index is 0.00352. The van der Waals surface area contributed by atoms with Crippen molar-refractivity contribution in [3.8, 4) is 6.07 Å². The zero-order valence-electron chi connectivity index (χ0n) is 10.1. The van der Waals surface area contributed by atoms with Crippen LogP contribution in [0.2, 0.25) is 0 Å². The summed E-state index contributed by atoms with van der Waals surface area (Å²) in [5.41, 5.74) is 1.40. The van der Waals surface area contributed by atoms with Crippen LogP contribution in [0.15, 0.2) is 24.3 Å². The standard InChI is InChI=1S/C13H16N2O3/c1-9(16)15-8-12(17)13(18)11-4-2-10(3-5-11)6-7-14/h2-5,12-13,17-18H,6,8H2,1H3,(H,15,16). The van der Waals surface area contributed by atoms with Crippen molar-refractivity contribution in [3.63, 3.8) is 0 Å². The molecule has 0 aliphatic carbocycles. The zero-order valence-corrected chi connectivity index (χ0v) is 10.1. The average molecular weight is 248 g/mol. The lowest BCUT2D eigenvalue weighted by Gasteiger charge is -2.18. The Balaban J connectivity index is 2.63. The lowest BCUT2D eigenvalue weighted by atomic mass is 10.0. The van der Waals surface area contributed by atoms with Crippen LogP contribution in [0.3, 0.4) is 0 Å². The highest BCUT2D eigenvalue weighted by Crippen LogP contribution is 2.17. The fraction of sp³-hybridized carbons (Fsp3) is 0.385. The molecule has 0 heterocycles. The van der Waals surface area contributed by atoms with Crippen LogP contribution in [-0.4, -0.2) is 28.8 Å². The van der Waals surface area contributed by atoms with Gasteiger partial charge in [0.25, 0.3) is 0 Å². The molecule has 18 heavy (non-hydrogen) atoms. The van der Waals surface area contributed by atoms with Gasteiger partial charge in [0.2, 0.25) is 5.91 Å². The van der Waals surface area contributed by atoms with E-state index in [9.17, 15) is 15.0 Å². The molecule has 0 aliphatic heterocycles. The van der Waals surface area contributed by atoms with Gasteiger partial charge in [-0.1, -0.05) is 24.3 Å². The fourth-order valence-corrected chi connectivity index (χ4v) is 1.51. The molecule has 0 aliphatic rings. The smallest absolute Gasteiger partial charge is 0.216 e. The van der Waals surface area contributed by atoms with E-state index in [4.69, 9.17) is 5.26 Å². The summed E-state index contributed by atoms with van der Waals surface area (Å²) < 4.78 is 0. The van der Waals surface area contributed by atoms with Gasteiger partial charge in [-0.25, -0.2) is 0 Å². The Morgan fingerprint density at radius 3 is 2.50 bits per heavy atom. The van der Waals surface area contributed by atoms with Gasteiger partial charge < -0.3 is 15.5 Å². The first-order valence-corrected chi connectivity index (χ1v) is 5.61. The third-order valence-electron chi connectivity index (χ3n) is 2.53. The Labute approximate surface area is 106 Å². The minimum atomic E-state index is -1.06. The Bertz CT molecular complexity index is 437. The first kappa shape index (κ1) is 14.2. The molecule has 1 rings (SSSR count). The Kier molecular flexibility index (Phi) is 5.31. The molecule has 0 radical (unpaired) electrons. The average Bonchev–Trinajstić information content (AvgIpc) is 2.36. The molecule has 5 heteroatoms. The van der Waals surface area contributed by atoms with Crippen molar-refractivity contribution in [1.82, 2.24) is 5.32 Å². The highest BCUT2D eigenvalue weighted by molar-refractivity contribution is 5.72. The SMILES string of the molecule is CC(=O)NCC(O)C(O)c1ccc(CC#N)cc1. The number of nitrogens with zero attached hydrogens (tertiary/aromatic N) is 1. The topological polar surface area (TPSA) is 93.3 Å². The molecule has 0 bridgehead atoms. The van der Waals surface area contributed by atoms with Crippen LogP contribution in [0.4, 0.5) is 0 Å². The second-order valence-corrected chi connectivity index (χ2v) is 4.03. The van der Waals surface area contributed by atoms with Crippen molar-refractivity contribution in [1.29, 1.82) is 5.26 Å². The van der Waals surface area contributed by atoms with Gasteiger partial charge in [-0.15, -0.1) is 0 Å². The van der Waals surface area contributed by atoms with Crippen molar-refractivity contribution in [2.24, 2.45) is 0 Å². The first-order valence-electron chi connectivity index (χ1n) is 5.61. The zero-order chi connectivity index (χ0) is 13.5. The second-order valence-electron chi connectivity index (χ2n) is 4.03. The first-order chi connectivity index (χ1) is 8.54. The van der Waals surface area contributed by atoms with Crippen molar-refractivity contribution in [2.45, 2.75) is 25.6 Å². The number of hydrogen-bond donors (Lipinski definition) is 3. The van der Waals surface area contributed by atoms with Gasteiger partial charge in [-0.05, 0) is 11.1 Å². The van der Waals surface area contributed by atoms with Gasteiger partial charge in [-0.3, -0.25) is 4.79 Å². The Hall–Kier alpha value is -1.90. The van der Waals surface area contributed by atoms with E-state index in [-0.39, 0.29) is 12.5 Å². The molecule has 0 saturated carbocycles. The maximum absolute atomic E-state index is 10.7. The van der Waals surface area contributed by atoms with Gasteiger partial charge in [0.05, 0.1) is 12.5 Å². The van der Waals surface area contributed by atoms with Crippen LogP contribution in [-0.2, 0) is 11.2 Å². The Morgan fingerprint density at radius 1 is 1.39 bits per heavy atom. The maximum Gasteiger partial charge on any atom is 0.216 e. The van der Waals surface area contributed by atoms with E-state index in [2.05, 4.69) is 5.32 Å². The van der Waals surface area contributed by atoms with E-state index < -0.39 is 12.2 Å². The largest absolute Gasteiger partial charge is 0.388 e. The number of aliphatic hydroxyl groups is 2. The number of benzene rings is 1. The van der Waals surface area contributed by atoms with Gasteiger partial charge in [0, 0.05) is 13.5 Å². The molecule has 1 aromatic carbocycles. The Morgan fingerprint density at radius 2 is 2.00 bits per heavy atom. The minimum Gasteiger partial charge on any atom is -0.388 e. The van der Waals surface area contributed by atoms with Gasteiger partial charge in [-0.2, -0.15) is 5.26 Å². The quantitative estimate of drug-likeness (QED) is 0.698. The number of amides is 1. The van der Waals surface area contributed by atoms with E-state index in [0.29, 0.717) is 12.0 Å². The van der Waals surface area contributed by atoms with Crippen LogP contribution in [0.25, 0.3) is 0 Å². The highest BCUT2D eigenvalue weighted by atomic mass is 16.3. The monoisotopic (exact) mass is 248 g/mol. The van der Waals surface area contributed by atoms with Crippen molar-refractivity contribution in [3.05, 3.63) is 35.4 Å². The summed E-state index contributed by atoms with van der Waals surface area (Å²) in [5, 5.41) is 30.5. The third kappa shape index (κ3) is 4.17. The van der Waals surface area contributed by atoms with E-state index >= 15 is 0 Å². The summed E-state index contributed by atoms with van der Waals surface area (Å²) in [6, 6.07) is 8.81. The lowest BCUT2D eigenvalue weighted by Crippen LogP contribution is -2.34. The molecule has 0 aromatic heterocycles. The highest BCUT2D eigenvalue weighted by Gasteiger charge is 2.18. The molecule has 0 spiro atoms. The van der Waals surface area contributed by atoms with Crippen LogP contribution < -0.4 is 5.32 Å². The van der Waals surface area contributed by atoms with Crippen molar-refractivity contribution >= 4 is 5.91 Å².